The fourth-order valence-corrected chi connectivity index (χ4v) is 3.42. The van der Waals surface area contributed by atoms with Crippen LogP contribution in [0.3, 0.4) is 0 Å². The van der Waals surface area contributed by atoms with Crippen molar-refractivity contribution in [2.45, 2.75) is 33.4 Å². The molecule has 8 nitrogen and oxygen atoms in total. The van der Waals surface area contributed by atoms with Gasteiger partial charge in [0, 0.05) is 32.2 Å². The Balaban J connectivity index is 1.59. The fourth-order valence-electron chi connectivity index (χ4n) is 3.42. The molecule has 0 saturated carbocycles. The van der Waals surface area contributed by atoms with E-state index in [-0.39, 0.29) is 30.0 Å². The Morgan fingerprint density at radius 3 is 2.54 bits per heavy atom. The highest BCUT2D eigenvalue weighted by Crippen LogP contribution is 2.11. The number of fused-ring (bicyclic) bond motifs is 1. The molecule has 1 aliphatic heterocycles. The summed E-state index contributed by atoms with van der Waals surface area (Å²) in [4.78, 5) is 45.3. The SMILES string of the molecule is Cc1cccc2c(=O)n(CC(=O)N3CCN(CC(=O)NC(C)C)CC3)cnc12. The monoisotopic (exact) mass is 385 g/mol. The first-order chi connectivity index (χ1) is 13.3. The Hall–Kier alpha value is -2.74. The number of nitrogens with zero attached hydrogens (tertiary/aromatic N) is 4. The van der Waals surface area contributed by atoms with Gasteiger partial charge >= 0.3 is 0 Å². The number of carbonyl (C=O) groups is 2. The van der Waals surface area contributed by atoms with Crippen molar-refractivity contribution < 1.29 is 9.59 Å². The van der Waals surface area contributed by atoms with Crippen LogP contribution in [0.15, 0.2) is 29.3 Å². The van der Waals surface area contributed by atoms with Crippen molar-refractivity contribution in [3.05, 3.63) is 40.4 Å². The maximum absolute atomic E-state index is 12.7. The first-order valence-corrected chi connectivity index (χ1v) is 9.59. The van der Waals surface area contributed by atoms with E-state index in [2.05, 4.69) is 10.3 Å². The van der Waals surface area contributed by atoms with E-state index in [0.29, 0.717) is 43.6 Å². The molecular formula is C20H27N5O3. The molecule has 28 heavy (non-hydrogen) atoms. The van der Waals surface area contributed by atoms with Crippen LogP contribution in [-0.4, -0.2) is 69.9 Å². The Morgan fingerprint density at radius 1 is 1.14 bits per heavy atom. The number of benzene rings is 1. The zero-order valence-electron chi connectivity index (χ0n) is 16.6. The summed E-state index contributed by atoms with van der Waals surface area (Å²) in [6, 6.07) is 5.58. The molecule has 1 aromatic carbocycles. The van der Waals surface area contributed by atoms with Gasteiger partial charge in [0.2, 0.25) is 11.8 Å². The smallest absolute Gasteiger partial charge is 0.261 e. The molecule has 1 saturated heterocycles. The maximum atomic E-state index is 12.7. The van der Waals surface area contributed by atoms with Gasteiger partial charge in [-0.15, -0.1) is 0 Å². The Bertz CT molecular complexity index is 929. The highest BCUT2D eigenvalue weighted by atomic mass is 16.2. The third-order valence-corrected chi connectivity index (χ3v) is 4.90. The minimum absolute atomic E-state index is 0.00106. The number of hydrogen-bond acceptors (Lipinski definition) is 5. The Morgan fingerprint density at radius 2 is 1.86 bits per heavy atom. The van der Waals surface area contributed by atoms with Gasteiger partial charge in [-0.2, -0.15) is 0 Å². The van der Waals surface area contributed by atoms with E-state index in [1.165, 1.54) is 10.9 Å². The number of amides is 2. The number of hydrogen-bond donors (Lipinski definition) is 1. The van der Waals surface area contributed by atoms with Crippen molar-refractivity contribution in [3.8, 4) is 0 Å². The zero-order chi connectivity index (χ0) is 20.3. The van der Waals surface area contributed by atoms with Gasteiger partial charge in [0.05, 0.1) is 23.8 Å². The summed E-state index contributed by atoms with van der Waals surface area (Å²) in [6.07, 6.45) is 1.45. The highest BCUT2D eigenvalue weighted by molar-refractivity contribution is 5.81. The van der Waals surface area contributed by atoms with Gasteiger partial charge in [-0.3, -0.25) is 23.9 Å². The lowest BCUT2D eigenvalue weighted by molar-refractivity contribution is -0.134. The molecule has 2 aromatic rings. The van der Waals surface area contributed by atoms with Crippen LogP contribution < -0.4 is 10.9 Å². The molecule has 3 rings (SSSR count). The van der Waals surface area contributed by atoms with E-state index in [0.717, 1.165) is 5.56 Å². The van der Waals surface area contributed by atoms with Crippen molar-refractivity contribution in [1.29, 1.82) is 0 Å². The lowest BCUT2D eigenvalue weighted by atomic mass is 10.1. The summed E-state index contributed by atoms with van der Waals surface area (Å²) in [5.41, 5.74) is 1.40. The predicted molar refractivity (Wildman–Crippen MR) is 107 cm³/mol. The molecule has 0 bridgehead atoms. The third-order valence-electron chi connectivity index (χ3n) is 4.90. The van der Waals surface area contributed by atoms with Crippen LogP contribution in [-0.2, 0) is 16.1 Å². The van der Waals surface area contributed by atoms with E-state index >= 15 is 0 Å². The topological polar surface area (TPSA) is 87.5 Å². The molecule has 2 heterocycles. The number of para-hydroxylation sites is 1. The van der Waals surface area contributed by atoms with Gasteiger partial charge in [-0.25, -0.2) is 4.98 Å². The highest BCUT2D eigenvalue weighted by Gasteiger charge is 2.23. The van der Waals surface area contributed by atoms with Crippen LogP contribution in [0.5, 0.6) is 0 Å². The second-order valence-electron chi connectivity index (χ2n) is 7.53. The summed E-state index contributed by atoms with van der Waals surface area (Å²) >= 11 is 0. The van der Waals surface area contributed by atoms with Gasteiger partial charge in [-0.1, -0.05) is 12.1 Å². The second-order valence-corrected chi connectivity index (χ2v) is 7.53. The van der Waals surface area contributed by atoms with Crippen LogP contribution in [0.25, 0.3) is 10.9 Å². The minimum atomic E-state index is -0.203. The summed E-state index contributed by atoms with van der Waals surface area (Å²) in [5, 5.41) is 3.40. The van der Waals surface area contributed by atoms with Crippen LogP contribution in [0.4, 0.5) is 0 Å². The standard InChI is InChI=1S/C20H27N5O3/c1-14(2)22-17(26)11-23-7-9-24(10-8-23)18(27)12-25-13-21-19-15(3)5-4-6-16(19)20(25)28/h4-6,13-14H,7-12H2,1-3H3,(H,22,26). The number of piperazine rings is 1. The van der Waals surface area contributed by atoms with E-state index in [9.17, 15) is 14.4 Å². The van der Waals surface area contributed by atoms with Crippen molar-refractivity contribution in [3.63, 3.8) is 0 Å². The van der Waals surface area contributed by atoms with Crippen LogP contribution in [0.1, 0.15) is 19.4 Å². The lowest BCUT2D eigenvalue weighted by Crippen LogP contribution is -2.52. The number of aromatic nitrogens is 2. The van der Waals surface area contributed by atoms with E-state index in [4.69, 9.17) is 0 Å². The molecule has 1 aromatic heterocycles. The first kappa shape index (κ1) is 20.0. The molecule has 8 heteroatoms. The molecule has 1 aliphatic rings. The molecule has 0 radical (unpaired) electrons. The van der Waals surface area contributed by atoms with Crippen molar-refractivity contribution in [2.24, 2.45) is 0 Å². The average Bonchev–Trinajstić information content (AvgIpc) is 2.64. The normalized spacial score (nSPS) is 15.2. The van der Waals surface area contributed by atoms with Gasteiger partial charge in [0.15, 0.2) is 0 Å². The van der Waals surface area contributed by atoms with Gasteiger partial charge in [-0.05, 0) is 32.4 Å². The Labute approximate surface area is 164 Å². The van der Waals surface area contributed by atoms with Gasteiger partial charge in [0.25, 0.3) is 5.56 Å². The summed E-state index contributed by atoms with van der Waals surface area (Å²) in [7, 11) is 0. The number of rotatable bonds is 5. The molecule has 0 atom stereocenters. The van der Waals surface area contributed by atoms with Gasteiger partial charge < -0.3 is 10.2 Å². The maximum Gasteiger partial charge on any atom is 0.261 e. The average molecular weight is 385 g/mol. The van der Waals surface area contributed by atoms with Gasteiger partial charge in [0.1, 0.15) is 6.54 Å². The van der Waals surface area contributed by atoms with E-state index < -0.39 is 0 Å². The minimum Gasteiger partial charge on any atom is -0.353 e. The number of aryl methyl sites for hydroxylation is 1. The molecule has 1 N–H and O–H groups in total. The zero-order valence-corrected chi connectivity index (χ0v) is 16.6. The quantitative estimate of drug-likeness (QED) is 0.804. The summed E-state index contributed by atoms with van der Waals surface area (Å²) < 4.78 is 1.37. The number of carbonyl (C=O) groups excluding carboxylic acids is 2. The summed E-state index contributed by atoms with van der Waals surface area (Å²) in [6.45, 7) is 8.45. The van der Waals surface area contributed by atoms with E-state index in [1.807, 2.05) is 37.8 Å². The lowest BCUT2D eigenvalue weighted by Gasteiger charge is -2.34. The molecular weight excluding hydrogens is 358 g/mol. The third kappa shape index (κ3) is 4.56. The largest absolute Gasteiger partial charge is 0.353 e. The van der Waals surface area contributed by atoms with Crippen LogP contribution in [0, 0.1) is 6.92 Å². The number of nitrogens with one attached hydrogen (secondary N) is 1. The predicted octanol–water partition coefficient (Wildman–Crippen LogP) is 0.374. The summed E-state index contributed by atoms with van der Waals surface area (Å²) in [5.74, 6) is -0.110. The van der Waals surface area contributed by atoms with Crippen LogP contribution >= 0.6 is 0 Å². The Kier molecular flexibility index (Phi) is 6.08. The molecule has 0 unspecified atom stereocenters. The molecule has 0 spiro atoms. The molecule has 150 valence electrons. The van der Waals surface area contributed by atoms with Crippen molar-refractivity contribution in [2.75, 3.05) is 32.7 Å². The fraction of sp³-hybridized carbons (Fsp3) is 0.500. The molecule has 2 amide bonds. The second kappa shape index (κ2) is 8.52. The first-order valence-electron chi connectivity index (χ1n) is 9.59. The van der Waals surface area contributed by atoms with E-state index in [1.54, 1.807) is 11.0 Å². The molecule has 0 aliphatic carbocycles. The van der Waals surface area contributed by atoms with Crippen molar-refractivity contribution in [1.82, 2.24) is 24.7 Å². The van der Waals surface area contributed by atoms with Crippen LogP contribution in [0.2, 0.25) is 0 Å². The molecule has 1 fully saturated rings. The van der Waals surface area contributed by atoms with Crippen molar-refractivity contribution >= 4 is 22.7 Å².